The molecule has 1 saturated heterocycles. The van der Waals surface area contributed by atoms with Crippen molar-refractivity contribution in [2.75, 3.05) is 26.2 Å². The minimum Gasteiger partial charge on any atom is -0.465 e. The molecule has 0 spiro atoms. The van der Waals surface area contributed by atoms with E-state index in [9.17, 15) is 9.90 Å². The topological polar surface area (TPSA) is 49.8 Å². The van der Waals surface area contributed by atoms with E-state index in [2.05, 4.69) is 11.8 Å². The molecule has 0 radical (unpaired) electrons. The maximum absolute atomic E-state index is 11.3. The third kappa shape index (κ3) is 4.49. The zero-order valence-electron chi connectivity index (χ0n) is 10.5. The molecular weight excluding hydrogens is 206 g/mol. The number of aliphatic hydroxyl groups is 1. The van der Waals surface area contributed by atoms with Gasteiger partial charge < -0.3 is 14.7 Å². The lowest BCUT2D eigenvalue weighted by molar-refractivity contribution is -0.141. The lowest BCUT2D eigenvalue weighted by Crippen LogP contribution is -2.39. The molecule has 1 N–H and O–H groups in total. The Balaban J connectivity index is 2.31. The molecule has 1 rings (SSSR count). The fraction of sp³-hybridized carbons (Fsp3) is 0.917. The van der Waals surface area contributed by atoms with Crippen molar-refractivity contribution in [3.8, 4) is 0 Å². The molecule has 4 heteroatoms. The maximum atomic E-state index is 11.3. The first-order chi connectivity index (χ1) is 7.42. The molecule has 16 heavy (non-hydrogen) atoms. The van der Waals surface area contributed by atoms with Crippen LogP contribution in [0, 0.1) is 5.92 Å². The van der Waals surface area contributed by atoms with E-state index in [1.807, 2.05) is 0 Å². The number of cyclic esters (lactones) is 1. The first kappa shape index (κ1) is 13.5. The monoisotopic (exact) mass is 229 g/mol. The normalized spacial score (nSPS) is 21.6. The van der Waals surface area contributed by atoms with Crippen molar-refractivity contribution in [2.45, 2.75) is 39.2 Å². The van der Waals surface area contributed by atoms with Gasteiger partial charge in [-0.15, -0.1) is 0 Å². The average molecular weight is 229 g/mol. The number of ether oxygens (including phenoxy) is 1. The number of carbonyl (C=O) groups excluding carboxylic acids is 1. The molecular formula is C12H23NO3. The Morgan fingerprint density at radius 1 is 1.56 bits per heavy atom. The molecule has 0 aromatic heterocycles. The zero-order valence-corrected chi connectivity index (χ0v) is 10.5. The van der Waals surface area contributed by atoms with Gasteiger partial charge in [-0.3, -0.25) is 4.79 Å². The summed E-state index contributed by atoms with van der Waals surface area (Å²) in [5.74, 6) is 0.00941. The summed E-state index contributed by atoms with van der Waals surface area (Å²) in [4.78, 5) is 13.4. The third-order valence-corrected chi connectivity index (χ3v) is 2.90. The van der Waals surface area contributed by atoms with Crippen molar-refractivity contribution in [3.63, 3.8) is 0 Å². The third-order valence-electron chi connectivity index (χ3n) is 2.90. The molecule has 0 aliphatic carbocycles. The highest BCUT2D eigenvalue weighted by Crippen LogP contribution is 2.18. The summed E-state index contributed by atoms with van der Waals surface area (Å²) >= 11 is 0. The predicted octanol–water partition coefficient (Wildman–Crippen LogP) is 1.03. The average Bonchev–Trinajstić information content (AvgIpc) is 2.57. The van der Waals surface area contributed by atoms with Crippen LogP contribution in [-0.2, 0) is 9.53 Å². The quantitative estimate of drug-likeness (QED) is 0.691. The van der Waals surface area contributed by atoms with Crippen molar-refractivity contribution in [3.05, 3.63) is 0 Å². The molecule has 1 fully saturated rings. The van der Waals surface area contributed by atoms with Crippen LogP contribution in [0.25, 0.3) is 0 Å². The van der Waals surface area contributed by atoms with Crippen LogP contribution in [0.15, 0.2) is 0 Å². The fourth-order valence-electron chi connectivity index (χ4n) is 2.03. The highest BCUT2D eigenvalue weighted by molar-refractivity contribution is 5.74. The second kappa shape index (κ2) is 5.64. The van der Waals surface area contributed by atoms with Gasteiger partial charge in [0.1, 0.15) is 0 Å². The molecule has 0 aromatic carbocycles. The molecule has 1 aliphatic heterocycles. The second-order valence-corrected chi connectivity index (χ2v) is 5.12. The summed E-state index contributed by atoms with van der Waals surface area (Å²) in [5.41, 5.74) is -0.674. The van der Waals surface area contributed by atoms with E-state index < -0.39 is 5.60 Å². The van der Waals surface area contributed by atoms with Crippen LogP contribution in [0.2, 0.25) is 0 Å². The number of likely N-dealkylation sites (N-methyl/N-ethyl adjacent to an activating group) is 1. The summed E-state index contributed by atoms with van der Waals surface area (Å²) in [6, 6.07) is 0. The van der Waals surface area contributed by atoms with Gasteiger partial charge in [-0.2, -0.15) is 0 Å². The fourth-order valence-corrected chi connectivity index (χ4v) is 2.03. The van der Waals surface area contributed by atoms with Gasteiger partial charge in [0, 0.05) is 6.54 Å². The maximum Gasteiger partial charge on any atom is 0.309 e. The van der Waals surface area contributed by atoms with E-state index in [1.165, 1.54) is 0 Å². The van der Waals surface area contributed by atoms with E-state index in [1.54, 1.807) is 13.8 Å². The van der Waals surface area contributed by atoms with Crippen LogP contribution in [0.5, 0.6) is 0 Å². The Labute approximate surface area is 97.6 Å². The number of nitrogens with zero attached hydrogens (tertiary/aromatic N) is 1. The van der Waals surface area contributed by atoms with Crippen molar-refractivity contribution >= 4 is 5.97 Å². The van der Waals surface area contributed by atoms with Crippen LogP contribution in [0.1, 0.15) is 33.6 Å². The van der Waals surface area contributed by atoms with Crippen LogP contribution < -0.4 is 0 Å². The van der Waals surface area contributed by atoms with E-state index in [0.29, 0.717) is 13.2 Å². The zero-order chi connectivity index (χ0) is 12.2. The Morgan fingerprint density at radius 2 is 2.25 bits per heavy atom. The summed E-state index contributed by atoms with van der Waals surface area (Å²) in [5, 5.41) is 9.73. The van der Waals surface area contributed by atoms with Crippen LogP contribution >= 0.6 is 0 Å². The highest BCUT2D eigenvalue weighted by atomic mass is 16.5. The summed E-state index contributed by atoms with van der Waals surface area (Å²) in [6.07, 6.45) is 1.68. The number of carbonyl (C=O) groups is 1. The van der Waals surface area contributed by atoms with Gasteiger partial charge in [0.15, 0.2) is 0 Å². The van der Waals surface area contributed by atoms with Gasteiger partial charge in [-0.05, 0) is 39.8 Å². The second-order valence-electron chi connectivity index (χ2n) is 5.12. The van der Waals surface area contributed by atoms with Gasteiger partial charge >= 0.3 is 5.97 Å². The molecule has 0 amide bonds. The summed E-state index contributed by atoms with van der Waals surface area (Å²) in [6.45, 7) is 8.64. The Bertz CT molecular complexity index is 235. The van der Waals surface area contributed by atoms with Crippen molar-refractivity contribution in [1.29, 1.82) is 0 Å². The molecule has 0 saturated carbocycles. The highest BCUT2D eigenvalue weighted by Gasteiger charge is 2.27. The smallest absolute Gasteiger partial charge is 0.309 e. The Kier molecular flexibility index (Phi) is 4.74. The predicted molar refractivity (Wildman–Crippen MR) is 62.1 cm³/mol. The summed E-state index contributed by atoms with van der Waals surface area (Å²) < 4.78 is 4.93. The van der Waals surface area contributed by atoms with Gasteiger partial charge in [0.25, 0.3) is 0 Å². The molecule has 1 unspecified atom stereocenters. The number of rotatable bonds is 6. The minimum atomic E-state index is -0.674. The standard InChI is InChI=1S/C12H23NO3/c1-4-13(9-12(2,3)15)7-5-10-6-8-16-11(10)14/h10,15H,4-9H2,1-3H3. The Hall–Kier alpha value is -0.610. The van der Waals surface area contributed by atoms with E-state index in [4.69, 9.17) is 4.74 Å². The lowest BCUT2D eigenvalue weighted by atomic mass is 10.0. The molecule has 1 heterocycles. The number of esters is 1. The van der Waals surface area contributed by atoms with Crippen molar-refractivity contribution in [2.24, 2.45) is 5.92 Å². The molecule has 0 aromatic rings. The van der Waals surface area contributed by atoms with E-state index in [0.717, 1.165) is 25.9 Å². The van der Waals surface area contributed by atoms with Crippen molar-refractivity contribution in [1.82, 2.24) is 4.90 Å². The molecule has 4 nitrogen and oxygen atoms in total. The van der Waals surface area contributed by atoms with Crippen molar-refractivity contribution < 1.29 is 14.6 Å². The van der Waals surface area contributed by atoms with E-state index in [-0.39, 0.29) is 11.9 Å². The lowest BCUT2D eigenvalue weighted by Gasteiger charge is -2.28. The SMILES string of the molecule is CCN(CCC1CCOC1=O)CC(C)(C)O. The minimum absolute atomic E-state index is 0.0562. The van der Waals surface area contributed by atoms with E-state index >= 15 is 0 Å². The molecule has 1 atom stereocenters. The molecule has 1 aliphatic rings. The van der Waals surface area contributed by atoms with Crippen LogP contribution in [-0.4, -0.2) is 47.8 Å². The van der Waals surface area contributed by atoms with Gasteiger partial charge in [0.05, 0.1) is 18.1 Å². The Morgan fingerprint density at radius 3 is 2.69 bits per heavy atom. The van der Waals surface area contributed by atoms with Gasteiger partial charge in [-0.25, -0.2) is 0 Å². The number of hydrogen-bond donors (Lipinski definition) is 1. The molecule has 0 bridgehead atoms. The molecule has 94 valence electrons. The first-order valence-corrected chi connectivity index (χ1v) is 6.04. The van der Waals surface area contributed by atoms with Crippen LogP contribution in [0.4, 0.5) is 0 Å². The van der Waals surface area contributed by atoms with Gasteiger partial charge in [-0.1, -0.05) is 6.92 Å². The van der Waals surface area contributed by atoms with Crippen LogP contribution in [0.3, 0.4) is 0 Å². The number of hydrogen-bond acceptors (Lipinski definition) is 4. The largest absolute Gasteiger partial charge is 0.465 e. The summed E-state index contributed by atoms with van der Waals surface area (Å²) in [7, 11) is 0. The first-order valence-electron chi connectivity index (χ1n) is 6.04. The van der Waals surface area contributed by atoms with Gasteiger partial charge in [0.2, 0.25) is 0 Å².